The van der Waals surface area contributed by atoms with Crippen molar-refractivity contribution in [3.05, 3.63) is 42.0 Å². The van der Waals surface area contributed by atoms with Crippen LogP contribution in [-0.4, -0.2) is 24.7 Å². The molecule has 1 heterocycles. The first-order valence-electron chi connectivity index (χ1n) is 5.06. The summed E-state index contributed by atoms with van der Waals surface area (Å²) in [5.74, 6) is -0.581. The second kappa shape index (κ2) is 4.41. The van der Waals surface area contributed by atoms with Crippen LogP contribution in [-0.2, 0) is 10.0 Å². The van der Waals surface area contributed by atoms with Crippen LogP contribution < -0.4 is 4.74 Å². The van der Waals surface area contributed by atoms with Gasteiger partial charge in [0.1, 0.15) is 16.5 Å². The molecule has 0 atom stereocenters. The predicted octanol–water partition coefficient (Wildman–Crippen LogP) is 1.58. The van der Waals surface area contributed by atoms with Crippen molar-refractivity contribution >= 4 is 10.0 Å². The van der Waals surface area contributed by atoms with Crippen LogP contribution in [0.5, 0.6) is 5.75 Å². The summed E-state index contributed by atoms with van der Waals surface area (Å²) in [7, 11) is -2.62. The molecule has 2 aromatic rings. The molecule has 0 saturated carbocycles. The summed E-state index contributed by atoms with van der Waals surface area (Å²) < 4.78 is 43.4. The van der Waals surface area contributed by atoms with E-state index in [4.69, 9.17) is 4.74 Å². The zero-order valence-corrected chi connectivity index (χ0v) is 10.6. The highest BCUT2D eigenvalue weighted by atomic mass is 32.2. The quantitative estimate of drug-likeness (QED) is 0.849. The molecule has 5 nitrogen and oxygen atoms in total. The summed E-state index contributed by atoms with van der Waals surface area (Å²) in [5.41, 5.74) is 0.550. The van der Waals surface area contributed by atoms with E-state index in [1.54, 1.807) is 13.0 Å². The summed E-state index contributed by atoms with van der Waals surface area (Å²) >= 11 is 0. The minimum atomic E-state index is -3.94. The Balaban J connectivity index is 2.64. The van der Waals surface area contributed by atoms with Crippen molar-refractivity contribution in [3.8, 4) is 5.75 Å². The van der Waals surface area contributed by atoms with Gasteiger partial charge in [0.15, 0.2) is 0 Å². The Morgan fingerprint density at radius 3 is 2.61 bits per heavy atom. The standard InChI is InChI=1S/C11H11FN2O3S/c1-8-5-6-14(13-8)18(15,16)11-7-9(12)3-4-10(11)17-2/h3-7H,1-2H3. The third kappa shape index (κ3) is 2.08. The van der Waals surface area contributed by atoms with Crippen LogP contribution in [0, 0.1) is 12.7 Å². The maximum absolute atomic E-state index is 13.2. The highest BCUT2D eigenvalue weighted by Crippen LogP contribution is 2.26. The molecule has 2 rings (SSSR count). The summed E-state index contributed by atoms with van der Waals surface area (Å²) in [6, 6.07) is 4.85. The fourth-order valence-electron chi connectivity index (χ4n) is 1.48. The molecule has 0 aliphatic rings. The van der Waals surface area contributed by atoms with Gasteiger partial charge in [-0.15, -0.1) is 0 Å². The van der Waals surface area contributed by atoms with Gasteiger partial charge >= 0.3 is 0 Å². The Labute approximate surface area is 104 Å². The van der Waals surface area contributed by atoms with E-state index in [-0.39, 0.29) is 10.6 Å². The number of hydrogen-bond donors (Lipinski definition) is 0. The fraction of sp³-hybridized carbons (Fsp3) is 0.182. The van der Waals surface area contributed by atoms with Gasteiger partial charge in [-0.2, -0.15) is 17.6 Å². The zero-order chi connectivity index (χ0) is 13.3. The van der Waals surface area contributed by atoms with Crippen LogP contribution in [0.4, 0.5) is 4.39 Å². The van der Waals surface area contributed by atoms with Crippen molar-refractivity contribution in [1.82, 2.24) is 9.19 Å². The monoisotopic (exact) mass is 270 g/mol. The first-order valence-corrected chi connectivity index (χ1v) is 6.50. The largest absolute Gasteiger partial charge is 0.495 e. The first kappa shape index (κ1) is 12.6. The Morgan fingerprint density at radius 2 is 2.06 bits per heavy atom. The van der Waals surface area contributed by atoms with Crippen molar-refractivity contribution in [2.45, 2.75) is 11.8 Å². The average Bonchev–Trinajstić information content (AvgIpc) is 2.76. The third-order valence-corrected chi connectivity index (χ3v) is 3.92. The summed E-state index contributed by atoms with van der Waals surface area (Å²) in [6.07, 6.45) is 1.30. The number of benzene rings is 1. The SMILES string of the molecule is COc1ccc(F)cc1S(=O)(=O)n1ccc(C)n1. The topological polar surface area (TPSA) is 61.2 Å². The number of halogens is 1. The van der Waals surface area contributed by atoms with E-state index >= 15 is 0 Å². The molecule has 0 N–H and O–H groups in total. The Bertz CT molecular complexity index is 679. The number of nitrogens with zero attached hydrogens (tertiary/aromatic N) is 2. The van der Waals surface area contributed by atoms with Crippen LogP contribution in [0.15, 0.2) is 35.4 Å². The Hall–Kier alpha value is -1.89. The van der Waals surface area contributed by atoms with Gasteiger partial charge in [-0.3, -0.25) is 0 Å². The molecule has 0 saturated heterocycles. The van der Waals surface area contributed by atoms with Crippen molar-refractivity contribution in [1.29, 1.82) is 0 Å². The van der Waals surface area contributed by atoms with Gasteiger partial charge in [-0.25, -0.2) is 4.39 Å². The van der Waals surface area contributed by atoms with E-state index in [1.807, 2.05) is 0 Å². The Morgan fingerprint density at radius 1 is 1.33 bits per heavy atom. The zero-order valence-electron chi connectivity index (χ0n) is 9.79. The highest BCUT2D eigenvalue weighted by molar-refractivity contribution is 7.90. The number of hydrogen-bond acceptors (Lipinski definition) is 4. The molecule has 0 unspecified atom stereocenters. The molecule has 0 amide bonds. The van der Waals surface area contributed by atoms with Crippen molar-refractivity contribution in [2.24, 2.45) is 0 Å². The van der Waals surface area contributed by atoms with Crippen LogP contribution in [0.25, 0.3) is 0 Å². The van der Waals surface area contributed by atoms with Gasteiger partial charge in [0.2, 0.25) is 0 Å². The molecule has 0 spiro atoms. The van der Waals surface area contributed by atoms with Crippen LogP contribution in [0.3, 0.4) is 0 Å². The number of aromatic nitrogens is 2. The molecule has 0 fully saturated rings. The van der Waals surface area contributed by atoms with Gasteiger partial charge in [-0.05, 0) is 31.2 Å². The molecule has 0 aliphatic heterocycles. The first-order chi connectivity index (χ1) is 8.45. The molecule has 18 heavy (non-hydrogen) atoms. The molecular formula is C11H11FN2O3S. The Kier molecular flexibility index (Phi) is 3.08. The van der Waals surface area contributed by atoms with Gasteiger partial charge < -0.3 is 4.74 Å². The maximum Gasteiger partial charge on any atom is 0.286 e. The van der Waals surface area contributed by atoms with Crippen molar-refractivity contribution < 1.29 is 17.5 Å². The van der Waals surface area contributed by atoms with E-state index in [0.717, 1.165) is 16.2 Å². The number of aryl methyl sites for hydroxylation is 1. The lowest BCUT2D eigenvalue weighted by Crippen LogP contribution is -2.15. The minimum Gasteiger partial charge on any atom is -0.495 e. The lowest BCUT2D eigenvalue weighted by atomic mass is 10.3. The lowest BCUT2D eigenvalue weighted by molar-refractivity contribution is 0.400. The molecule has 1 aromatic carbocycles. The number of methoxy groups -OCH3 is 1. The van der Waals surface area contributed by atoms with E-state index in [0.29, 0.717) is 5.69 Å². The van der Waals surface area contributed by atoms with Crippen LogP contribution in [0.1, 0.15) is 5.69 Å². The van der Waals surface area contributed by atoms with Gasteiger partial charge in [0.25, 0.3) is 10.0 Å². The molecule has 96 valence electrons. The van der Waals surface area contributed by atoms with Crippen molar-refractivity contribution in [3.63, 3.8) is 0 Å². The van der Waals surface area contributed by atoms with E-state index in [9.17, 15) is 12.8 Å². The summed E-state index contributed by atoms with van der Waals surface area (Å²) in [4.78, 5) is -0.256. The highest BCUT2D eigenvalue weighted by Gasteiger charge is 2.23. The van der Waals surface area contributed by atoms with E-state index in [1.165, 1.54) is 19.4 Å². The molecule has 0 radical (unpaired) electrons. The molecule has 0 bridgehead atoms. The smallest absolute Gasteiger partial charge is 0.286 e. The normalized spacial score (nSPS) is 11.5. The minimum absolute atomic E-state index is 0.0737. The van der Waals surface area contributed by atoms with Gasteiger partial charge in [-0.1, -0.05) is 0 Å². The number of ether oxygens (including phenoxy) is 1. The van der Waals surface area contributed by atoms with Gasteiger partial charge in [0, 0.05) is 6.20 Å². The summed E-state index contributed by atoms with van der Waals surface area (Å²) in [5, 5.41) is 3.81. The van der Waals surface area contributed by atoms with E-state index in [2.05, 4.69) is 5.10 Å². The second-order valence-corrected chi connectivity index (χ2v) is 5.39. The summed E-state index contributed by atoms with van der Waals surface area (Å²) in [6.45, 7) is 1.66. The third-order valence-electron chi connectivity index (χ3n) is 2.35. The fourth-order valence-corrected chi connectivity index (χ4v) is 2.81. The lowest BCUT2D eigenvalue weighted by Gasteiger charge is -2.09. The maximum atomic E-state index is 13.2. The molecule has 7 heteroatoms. The molecule has 0 aliphatic carbocycles. The predicted molar refractivity (Wildman–Crippen MR) is 62.5 cm³/mol. The number of rotatable bonds is 3. The van der Waals surface area contributed by atoms with Crippen LogP contribution in [0.2, 0.25) is 0 Å². The second-order valence-electron chi connectivity index (χ2n) is 3.63. The molecular weight excluding hydrogens is 259 g/mol. The molecule has 1 aromatic heterocycles. The average molecular weight is 270 g/mol. The van der Waals surface area contributed by atoms with Crippen LogP contribution >= 0.6 is 0 Å². The van der Waals surface area contributed by atoms with E-state index < -0.39 is 15.8 Å². The van der Waals surface area contributed by atoms with Crippen molar-refractivity contribution in [2.75, 3.05) is 7.11 Å². The van der Waals surface area contributed by atoms with Gasteiger partial charge in [0.05, 0.1) is 12.8 Å².